The molecule has 1 unspecified atom stereocenters. The second-order valence-corrected chi connectivity index (χ2v) is 13.8. The molecule has 0 fully saturated rings. The van der Waals surface area contributed by atoms with E-state index in [2.05, 4.69) is 142 Å². The van der Waals surface area contributed by atoms with E-state index in [1.165, 1.54) is 43.4 Å². The number of amidine groups is 2. The number of hydrogen-bond acceptors (Lipinski definition) is 4. The fourth-order valence-corrected chi connectivity index (χ4v) is 8.04. The van der Waals surface area contributed by atoms with Crippen molar-refractivity contribution in [1.29, 1.82) is 0 Å². The third-order valence-electron chi connectivity index (χ3n) is 10.6. The van der Waals surface area contributed by atoms with E-state index in [-0.39, 0.29) is 6.17 Å². The zero-order chi connectivity index (χ0) is 35.6. The van der Waals surface area contributed by atoms with E-state index >= 15 is 0 Å². The lowest BCUT2D eigenvalue weighted by Crippen LogP contribution is -2.33. The average molecular weight is 693 g/mol. The minimum atomic E-state index is -0.353. The van der Waals surface area contributed by atoms with Gasteiger partial charge in [0.2, 0.25) is 0 Å². The fourth-order valence-electron chi connectivity index (χ4n) is 8.04. The summed E-state index contributed by atoms with van der Waals surface area (Å²) in [6.07, 6.45) is 1.59. The van der Waals surface area contributed by atoms with E-state index in [9.17, 15) is 0 Å². The maximum absolute atomic E-state index is 5.12. The third kappa shape index (κ3) is 4.85. The number of hydrogen-bond donors (Lipinski definition) is 1. The van der Waals surface area contributed by atoms with Crippen molar-refractivity contribution in [2.45, 2.75) is 6.17 Å². The maximum Gasteiger partial charge on any atom is 0.159 e. The van der Waals surface area contributed by atoms with Crippen LogP contribution < -0.4 is 5.32 Å². The molecule has 0 bridgehead atoms. The maximum atomic E-state index is 5.12. The van der Waals surface area contributed by atoms with Crippen LogP contribution in [0, 0.1) is 0 Å². The van der Waals surface area contributed by atoms with Crippen LogP contribution in [0.4, 0.5) is 0 Å². The normalized spacial score (nSPS) is 14.5. The van der Waals surface area contributed by atoms with Gasteiger partial charge in [-0.05, 0) is 59.3 Å². The molecule has 4 heterocycles. The molecule has 0 saturated carbocycles. The van der Waals surface area contributed by atoms with Crippen LogP contribution in [0.5, 0.6) is 0 Å². The summed E-state index contributed by atoms with van der Waals surface area (Å²) in [6.45, 7) is 0. The molecule has 0 spiro atoms. The number of rotatable bonds is 5. The Hall–Kier alpha value is -7.31. The lowest BCUT2D eigenvalue weighted by molar-refractivity contribution is 0.670. The van der Waals surface area contributed by atoms with Gasteiger partial charge in [-0.1, -0.05) is 127 Å². The first-order valence-corrected chi connectivity index (χ1v) is 18.2. The summed E-state index contributed by atoms with van der Waals surface area (Å²) >= 11 is 0. The van der Waals surface area contributed by atoms with Gasteiger partial charge in [-0.25, -0.2) is 15.0 Å². The average Bonchev–Trinajstić information content (AvgIpc) is 3.75. The van der Waals surface area contributed by atoms with Gasteiger partial charge >= 0.3 is 0 Å². The molecule has 54 heavy (non-hydrogen) atoms. The Labute approximate surface area is 311 Å². The van der Waals surface area contributed by atoms with Gasteiger partial charge in [-0.3, -0.25) is 4.57 Å². The minimum Gasteiger partial charge on any atom is -0.344 e. The van der Waals surface area contributed by atoms with Crippen molar-refractivity contribution >= 4 is 66.1 Å². The molecule has 1 aliphatic heterocycles. The van der Waals surface area contributed by atoms with Gasteiger partial charge in [0.05, 0.1) is 22.1 Å². The molecule has 0 aliphatic carbocycles. The van der Waals surface area contributed by atoms with Crippen LogP contribution in [-0.2, 0) is 0 Å². The Morgan fingerprint density at radius 1 is 0.463 bits per heavy atom. The highest BCUT2D eigenvalue weighted by molar-refractivity contribution is 6.19. The largest absolute Gasteiger partial charge is 0.344 e. The molecule has 0 saturated heterocycles. The van der Waals surface area contributed by atoms with Crippen LogP contribution in [0.25, 0.3) is 65.9 Å². The van der Waals surface area contributed by atoms with E-state index in [1.54, 1.807) is 0 Å². The van der Waals surface area contributed by atoms with E-state index in [0.717, 1.165) is 45.1 Å². The van der Waals surface area contributed by atoms with Crippen LogP contribution in [-0.4, -0.2) is 25.8 Å². The van der Waals surface area contributed by atoms with Gasteiger partial charge in [-0.2, -0.15) is 0 Å². The van der Waals surface area contributed by atoms with Crippen LogP contribution in [0.2, 0.25) is 0 Å². The van der Waals surface area contributed by atoms with Crippen LogP contribution in [0.3, 0.4) is 0 Å². The Bertz CT molecular complexity index is 3120. The number of para-hydroxylation sites is 2. The minimum absolute atomic E-state index is 0.353. The first kappa shape index (κ1) is 30.3. The topological polar surface area (TPSA) is 59.5 Å². The Morgan fingerprint density at radius 2 is 1.07 bits per heavy atom. The molecule has 11 rings (SSSR count). The number of nitrogens with one attached hydrogen (secondary N) is 1. The SMILES string of the molecule is c1ccc(C2=NC(c3ccc(-n4c5ccccc5c5cc6c(cc54)c4ccccc4n6-c4ccc5ccccc5c4)nc3)NC(c3ccccc3)=N2)cc1. The first-order valence-electron chi connectivity index (χ1n) is 18.2. The highest BCUT2D eigenvalue weighted by atomic mass is 15.2. The smallest absolute Gasteiger partial charge is 0.159 e. The van der Waals surface area contributed by atoms with Crippen molar-refractivity contribution in [2.24, 2.45) is 9.98 Å². The zero-order valence-corrected chi connectivity index (χ0v) is 29.1. The van der Waals surface area contributed by atoms with Gasteiger partial charge in [0.1, 0.15) is 17.8 Å². The quantitative estimate of drug-likeness (QED) is 0.195. The summed E-state index contributed by atoms with van der Waals surface area (Å²) in [6, 6.07) is 61.9. The van der Waals surface area contributed by atoms with E-state index in [1.807, 2.05) is 54.7 Å². The first-order chi connectivity index (χ1) is 26.8. The van der Waals surface area contributed by atoms with Gasteiger partial charge in [0.15, 0.2) is 5.84 Å². The predicted molar refractivity (Wildman–Crippen MR) is 222 cm³/mol. The number of pyridine rings is 1. The number of aliphatic imine (C=N–C) groups is 2. The number of benzene rings is 7. The summed E-state index contributed by atoms with van der Waals surface area (Å²) in [4.78, 5) is 15.1. The van der Waals surface area contributed by atoms with Crippen molar-refractivity contribution in [3.8, 4) is 11.5 Å². The monoisotopic (exact) mass is 692 g/mol. The summed E-state index contributed by atoms with van der Waals surface area (Å²) in [5.41, 5.74) is 8.67. The molecule has 6 nitrogen and oxygen atoms in total. The standard InChI is InChI=1S/C48H32N6/c1-3-14-32(15-4-1)46-50-47(33-16-5-2-6-17-33)52-48(51-46)35-24-26-45(49-30-35)54-42-22-12-10-20-38(42)40-28-43-39(29-44(40)54)37-19-9-11-21-41(37)53(43)36-25-23-31-13-7-8-18-34(31)27-36/h1-30,48H,(H,50,51,52). The highest BCUT2D eigenvalue weighted by Crippen LogP contribution is 2.39. The molecule has 254 valence electrons. The van der Waals surface area contributed by atoms with Gasteiger partial charge in [0.25, 0.3) is 0 Å². The molecular formula is C48H32N6. The van der Waals surface area contributed by atoms with Crippen molar-refractivity contribution in [2.75, 3.05) is 0 Å². The Kier molecular flexibility index (Phi) is 6.82. The summed E-state index contributed by atoms with van der Waals surface area (Å²) in [7, 11) is 0. The van der Waals surface area contributed by atoms with Crippen molar-refractivity contribution in [3.05, 3.63) is 199 Å². The van der Waals surface area contributed by atoms with Gasteiger partial charge in [0, 0.05) is 50.1 Å². The molecular weight excluding hydrogens is 661 g/mol. The molecule has 0 amide bonds. The molecule has 1 aliphatic rings. The highest BCUT2D eigenvalue weighted by Gasteiger charge is 2.23. The Balaban J connectivity index is 1.06. The van der Waals surface area contributed by atoms with Crippen LogP contribution in [0.15, 0.2) is 192 Å². The second-order valence-electron chi connectivity index (χ2n) is 13.8. The van der Waals surface area contributed by atoms with Crippen molar-refractivity contribution < 1.29 is 0 Å². The molecule has 7 aromatic carbocycles. The Morgan fingerprint density at radius 3 is 1.78 bits per heavy atom. The lowest BCUT2D eigenvalue weighted by Gasteiger charge is -2.23. The molecule has 3 aromatic heterocycles. The molecule has 10 aromatic rings. The summed E-state index contributed by atoms with van der Waals surface area (Å²) < 4.78 is 4.70. The number of fused-ring (bicyclic) bond motifs is 7. The van der Waals surface area contributed by atoms with Gasteiger partial charge < -0.3 is 9.88 Å². The van der Waals surface area contributed by atoms with E-state index < -0.39 is 0 Å². The van der Waals surface area contributed by atoms with Crippen molar-refractivity contribution in [1.82, 2.24) is 19.4 Å². The number of aromatic nitrogens is 3. The lowest BCUT2D eigenvalue weighted by atomic mass is 10.1. The molecule has 1 atom stereocenters. The number of nitrogens with zero attached hydrogens (tertiary/aromatic N) is 5. The van der Waals surface area contributed by atoms with Crippen molar-refractivity contribution in [3.63, 3.8) is 0 Å². The zero-order valence-electron chi connectivity index (χ0n) is 29.1. The third-order valence-corrected chi connectivity index (χ3v) is 10.6. The summed E-state index contributed by atoms with van der Waals surface area (Å²) in [5.74, 6) is 2.33. The predicted octanol–water partition coefficient (Wildman–Crippen LogP) is 10.9. The summed E-state index contributed by atoms with van der Waals surface area (Å²) in [5, 5.41) is 10.8. The van der Waals surface area contributed by atoms with E-state index in [4.69, 9.17) is 15.0 Å². The van der Waals surface area contributed by atoms with E-state index in [0.29, 0.717) is 5.84 Å². The molecule has 0 radical (unpaired) electrons. The van der Waals surface area contributed by atoms with Gasteiger partial charge in [-0.15, -0.1) is 0 Å². The molecule has 1 N–H and O–H groups in total. The fraction of sp³-hybridized carbons (Fsp3) is 0.0208. The van der Waals surface area contributed by atoms with Crippen LogP contribution in [0.1, 0.15) is 22.9 Å². The second kappa shape index (κ2) is 12.1. The molecule has 6 heteroatoms. The van der Waals surface area contributed by atoms with Crippen LogP contribution >= 0.6 is 0 Å².